The number of hydrogen-bond acceptors (Lipinski definition) is 4. The number of methoxy groups -OCH3 is 1. The highest BCUT2D eigenvalue weighted by atomic mass is 19.2. The molecule has 4 aliphatic rings. The van der Waals surface area contributed by atoms with E-state index in [1.807, 2.05) is 13.8 Å². The Kier molecular flexibility index (Phi) is 6.66. The molecule has 4 fully saturated rings. The number of amides is 1. The summed E-state index contributed by atoms with van der Waals surface area (Å²) in [7, 11) is 1.69. The molecule has 2 saturated heterocycles. The number of halogens is 3. The molecule has 4 rings (SSSR count). The van der Waals surface area contributed by atoms with E-state index in [1.54, 1.807) is 7.11 Å². The second-order valence-electron chi connectivity index (χ2n) is 10.1. The Labute approximate surface area is 177 Å². The molecule has 8 heteroatoms. The van der Waals surface area contributed by atoms with Crippen molar-refractivity contribution >= 4 is 5.91 Å². The van der Waals surface area contributed by atoms with Crippen LogP contribution in [0, 0.1) is 23.7 Å². The van der Waals surface area contributed by atoms with Gasteiger partial charge in [-0.15, -0.1) is 0 Å². The van der Waals surface area contributed by atoms with E-state index in [2.05, 4.69) is 16.0 Å². The monoisotopic (exact) mass is 431 g/mol. The standard InChI is InChI=1S/C22H36F3N3O2/c1-10(2)27-22(29)11-5-4-6-15-18(11)17(30-3)8-16(28-15)13-9-26-21-12(13)7-14(23)19(24)20(21)25/h10-21,26,28H,4-9H2,1-3H3,(H,27,29). The average molecular weight is 432 g/mol. The maximum atomic E-state index is 14.4. The summed E-state index contributed by atoms with van der Waals surface area (Å²) in [6, 6.07) is -0.337. The van der Waals surface area contributed by atoms with Crippen LogP contribution in [0.1, 0.15) is 46.0 Å². The van der Waals surface area contributed by atoms with Crippen LogP contribution in [0.25, 0.3) is 0 Å². The lowest BCUT2D eigenvalue weighted by atomic mass is 9.66. The minimum absolute atomic E-state index is 0.0301. The van der Waals surface area contributed by atoms with Gasteiger partial charge in [-0.2, -0.15) is 0 Å². The zero-order valence-corrected chi connectivity index (χ0v) is 18.1. The van der Waals surface area contributed by atoms with Crippen LogP contribution in [-0.2, 0) is 9.53 Å². The second kappa shape index (κ2) is 8.94. The van der Waals surface area contributed by atoms with Crippen LogP contribution in [0.4, 0.5) is 13.2 Å². The molecule has 30 heavy (non-hydrogen) atoms. The third-order valence-electron chi connectivity index (χ3n) is 7.98. The number of alkyl halides is 3. The van der Waals surface area contributed by atoms with Crippen molar-refractivity contribution in [2.75, 3.05) is 13.7 Å². The third kappa shape index (κ3) is 3.99. The van der Waals surface area contributed by atoms with Crippen LogP contribution in [0.3, 0.4) is 0 Å². The van der Waals surface area contributed by atoms with Gasteiger partial charge in [-0.25, -0.2) is 13.2 Å². The van der Waals surface area contributed by atoms with E-state index in [0.29, 0.717) is 13.0 Å². The van der Waals surface area contributed by atoms with Gasteiger partial charge in [0.15, 0.2) is 6.17 Å². The lowest BCUT2D eigenvalue weighted by molar-refractivity contribution is -0.135. The number of hydrogen-bond donors (Lipinski definition) is 3. The van der Waals surface area contributed by atoms with Crippen molar-refractivity contribution in [1.82, 2.24) is 16.0 Å². The lowest BCUT2D eigenvalue weighted by Crippen LogP contribution is -2.62. The van der Waals surface area contributed by atoms with Crippen molar-refractivity contribution < 1.29 is 22.7 Å². The molecule has 0 bridgehead atoms. The van der Waals surface area contributed by atoms with E-state index < -0.39 is 24.6 Å². The maximum Gasteiger partial charge on any atom is 0.223 e. The summed E-state index contributed by atoms with van der Waals surface area (Å²) in [5.74, 6) is -0.106. The molecule has 5 nitrogen and oxygen atoms in total. The summed E-state index contributed by atoms with van der Waals surface area (Å²) < 4.78 is 48.3. The first-order valence-corrected chi connectivity index (χ1v) is 11.6. The Balaban J connectivity index is 1.49. The van der Waals surface area contributed by atoms with E-state index in [1.165, 1.54) is 0 Å². The molecule has 2 aliphatic heterocycles. The number of carbonyl (C=O) groups is 1. The van der Waals surface area contributed by atoms with Crippen molar-refractivity contribution in [1.29, 1.82) is 0 Å². The topological polar surface area (TPSA) is 62.4 Å². The molecular weight excluding hydrogens is 395 g/mol. The van der Waals surface area contributed by atoms with Gasteiger partial charge in [-0.3, -0.25) is 4.79 Å². The van der Waals surface area contributed by atoms with Crippen molar-refractivity contribution in [3.8, 4) is 0 Å². The second-order valence-corrected chi connectivity index (χ2v) is 10.1. The Hall–Kier alpha value is -0.860. The quantitative estimate of drug-likeness (QED) is 0.639. The van der Waals surface area contributed by atoms with Gasteiger partial charge >= 0.3 is 0 Å². The molecule has 3 N–H and O–H groups in total. The highest BCUT2D eigenvalue weighted by Crippen LogP contribution is 2.45. The van der Waals surface area contributed by atoms with Crippen molar-refractivity contribution in [2.45, 2.75) is 94.7 Å². The molecule has 11 atom stereocenters. The first-order chi connectivity index (χ1) is 14.3. The number of nitrogens with one attached hydrogen (secondary N) is 3. The number of ether oxygens (including phenoxy) is 1. The summed E-state index contributed by atoms with van der Waals surface area (Å²) in [4.78, 5) is 12.8. The Morgan fingerprint density at radius 1 is 1.07 bits per heavy atom. The molecular formula is C22H36F3N3O2. The van der Waals surface area contributed by atoms with Gasteiger partial charge in [0.25, 0.3) is 0 Å². The van der Waals surface area contributed by atoms with Gasteiger partial charge < -0.3 is 20.7 Å². The van der Waals surface area contributed by atoms with Crippen LogP contribution < -0.4 is 16.0 Å². The van der Waals surface area contributed by atoms with Gasteiger partial charge in [0, 0.05) is 49.7 Å². The van der Waals surface area contributed by atoms with Crippen LogP contribution in [0.5, 0.6) is 0 Å². The minimum atomic E-state index is -2.04. The van der Waals surface area contributed by atoms with Crippen molar-refractivity contribution in [3.05, 3.63) is 0 Å². The van der Waals surface area contributed by atoms with Gasteiger partial charge in [0.2, 0.25) is 5.91 Å². The van der Waals surface area contributed by atoms with Crippen LogP contribution in [-0.4, -0.2) is 68.3 Å². The number of rotatable bonds is 4. The fourth-order valence-electron chi connectivity index (χ4n) is 6.67. The average Bonchev–Trinajstić information content (AvgIpc) is 3.14. The summed E-state index contributed by atoms with van der Waals surface area (Å²) in [5, 5.41) is 9.93. The molecule has 2 saturated carbocycles. The van der Waals surface area contributed by atoms with Crippen molar-refractivity contribution in [3.63, 3.8) is 0 Å². The Morgan fingerprint density at radius 2 is 1.83 bits per heavy atom. The first-order valence-electron chi connectivity index (χ1n) is 11.6. The minimum Gasteiger partial charge on any atom is -0.381 e. The Morgan fingerprint density at radius 3 is 2.53 bits per heavy atom. The fourth-order valence-corrected chi connectivity index (χ4v) is 6.67. The van der Waals surface area contributed by atoms with Gasteiger partial charge in [-0.05, 0) is 51.4 Å². The fraction of sp³-hybridized carbons (Fsp3) is 0.955. The molecule has 0 spiro atoms. The molecule has 0 aromatic carbocycles. The number of fused-ring (bicyclic) bond motifs is 2. The normalized spacial score (nSPS) is 48.8. The Bertz CT molecular complexity index is 616. The molecule has 11 unspecified atom stereocenters. The molecule has 0 radical (unpaired) electrons. The predicted molar refractivity (Wildman–Crippen MR) is 108 cm³/mol. The van der Waals surface area contributed by atoms with Crippen LogP contribution >= 0.6 is 0 Å². The molecule has 1 amide bonds. The molecule has 172 valence electrons. The van der Waals surface area contributed by atoms with Crippen LogP contribution in [0.15, 0.2) is 0 Å². The zero-order valence-electron chi connectivity index (χ0n) is 18.1. The van der Waals surface area contributed by atoms with Gasteiger partial charge in [-0.1, -0.05) is 6.42 Å². The summed E-state index contributed by atoms with van der Waals surface area (Å²) in [6.45, 7) is 4.48. The lowest BCUT2D eigenvalue weighted by Gasteiger charge is -2.50. The first kappa shape index (κ1) is 22.3. The van der Waals surface area contributed by atoms with E-state index in [9.17, 15) is 18.0 Å². The molecule has 2 heterocycles. The number of piperidine rings is 1. The van der Waals surface area contributed by atoms with E-state index in [4.69, 9.17) is 4.74 Å². The van der Waals surface area contributed by atoms with E-state index in [0.717, 1.165) is 19.3 Å². The molecule has 2 aliphatic carbocycles. The third-order valence-corrected chi connectivity index (χ3v) is 7.98. The predicted octanol–water partition coefficient (Wildman–Crippen LogP) is 2.30. The van der Waals surface area contributed by atoms with E-state index in [-0.39, 0.29) is 60.2 Å². The van der Waals surface area contributed by atoms with Gasteiger partial charge in [0.05, 0.1) is 6.10 Å². The highest BCUT2D eigenvalue weighted by Gasteiger charge is 2.55. The van der Waals surface area contributed by atoms with Crippen LogP contribution in [0.2, 0.25) is 0 Å². The SMILES string of the molecule is COC1CC(C2CNC3C(F)C(F)C(F)CC23)NC2CCCC(C(=O)NC(C)C)C21. The number of carbonyl (C=O) groups excluding carboxylic acids is 1. The van der Waals surface area contributed by atoms with E-state index >= 15 is 0 Å². The summed E-state index contributed by atoms with van der Waals surface area (Å²) in [5.41, 5.74) is 0. The molecule has 0 aromatic heterocycles. The smallest absolute Gasteiger partial charge is 0.223 e. The maximum absolute atomic E-state index is 14.4. The largest absolute Gasteiger partial charge is 0.381 e. The zero-order chi connectivity index (χ0) is 21.6. The molecule has 0 aromatic rings. The summed E-state index contributed by atoms with van der Waals surface area (Å²) in [6.07, 6.45) is -2.11. The van der Waals surface area contributed by atoms with Crippen molar-refractivity contribution in [2.24, 2.45) is 23.7 Å². The highest BCUT2D eigenvalue weighted by molar-refractivity contribution is 5.79. The summed E-state index contributed by atoms with van der Waals surface area (Å²) >= 11 is 0. The van der Waals surface area contributed by atoms with Gasteiger partial charge in [0.1, 0.15) is 12.3 Å².